The van der Waals surface area contributed by atoms with Crippen LogP contribution in [0.15, 0.2) is 0 Å². The number of rotatable bonds is 4. The van der Waals surface area contributed by atoms with E-state index in [1.807, 2.05) is 6.92 Å². The summed E-state index contributed by atoms with van der Waals surface area (Å²) in [6, 6.07) is 0.0261. The quantitative estimate of drug-likeness (QED) is 0.755. The molecule has 5 heteroatoms. The average molecular weight is 242 g/mol. The third kappa shape index (κ3) is 3.43. The van der Waals surface area contributed by atoms with Crippen molar-refractivity contribution in [2.75, 3.05) is 20.1 Å². The summed E-state index contributed by atoms with van der Waals surface area (Å²) in [7, 11) is 1.66. The van der Waals surface area contributed by atoms with Gasteiger partial charge in [-0.15, -0.1) is 0 Å². The van der Waals surface area contributed by atoms with E-state index < -0.39 is 5.97 Å². The Hall–Kier alpha value is -1.10. The van der Waals surface area contributed by atoms with Gasteiger partial charge in [0.2, 0.25) is 5.91 Å². The predicted octanol–water partition coefficient (Wildman–Crippen LogP) is 0.554. The Balaban J connectivity index is 2.46. The summed E-state index contributed by atoms with van der Waals surface area (Å²) in [5, 5.41) is 11.6. The molecule has 98 valence electrons. The Bertz CT molecular complexity index is 285. The van der Waals surface area contributed by atoms with Crippen LogP contribution in [-0.4, -0.2) is 48.1 Å². The first kappa shape index (κ1) is 14.0. The van der Waals surface area contributed by atoms with Crippen LogP contribution >= 0.6 is 0 Å². The van der Waals surface area contributed by atoms with E-state index in [2.05, 4.69) is 10.2 Å². The number of carboxylic acids is 1. The molecule has 5 nitrogen and oxygen atoms in total. The van der Waals surface area contributed by atoms with E-state index in [1.165, 1.54) is 0 Å². The molecule has 1 saturated heterocycles. The van der Waals surface area contributed by atoms with Gasteiger partial charge < -0.3 is 10.4 Å². The van der Waals surface area contributed by atoms with Crippen LogP contribution in [0, 0.1) is 11.8 Å². The van der Waals surface area contributed by atoms with Crippen molar-refractivity contribution in [1.82, 2.24) is 10.2 Å². The molecule has 1 rings (SSSR count). The molecular weight excluding hydrogens is 220 g/mol. The summed E-state index contributed by atoms with van der Waals surface area (Å²) in [6.45, 7) is 5.28. The van der Waals surface area contributed by atoms with Gasteiger partial charge in [-0.1, -0.05) is 6.92 Å². The van der Waals surface area contributed by atoms with Crippen LogP contribution in [0.3, 0.4) is 0 Å². The first-order chi connectivity index (χ1) is 7.97. The van der Waals surface area contributed by atoms with E-state index in [0.29, 0.717) is 0 Å². The Morgan fingerprint density at radius 2 is 1.82 bits per heavy atom. The minimum Gasteiger partial charge on any atom is -0.481 e. The topological polar surface area (TPSA) is 69.6 Å². The molecule has 0 aromatic carbocycles. The highest BCUT2D eigenvalue weighted by Gasteiger charge is 2.30. The number of aliphatic carboxylic acids is 1. The number of likely N-dealkylation sites (tertiary alicyclic amines) is 1. The number of hydrogen-bond acceptors (Lipinski definition) is 3. The molecule has 0 bridgehead atoms. The lowest BCUT2D eigenvalue weighted by Gasteiger charge is -2.36. The number of nitrogens with one attached hydrogen (secondary N) is 1. The van der Waals surface area contributed by atoms with Crippen LogP contribution in [0.4, 0.5) is 0 Å². The maximum absolute atomic E-state index is 11.5. The molecule has 2 unspecified atom stereocenters. The van der Waals surface area contributed by atoms with Crippen LogP contribution in [0.5, 0.6) is 0 Å². The van der Waals surface area contributed by atoms with Gasteiger partial charge in [-0.2, -0.15) is 0 Å². The molecule has 2 N–H and O–H groups in total. The fraction of sp³-hybridized carbons (Fsp3) is 0.833. The Morgan fingerprint density at radius 1 is 1.29 bits per heavy atom. The van der Waals surface area contributed by atoms with E-state index in [0.717, 1.165) is 25.9 Å². The van der Waals surface area contributed by atoms with Crippen molar-refractivity contribution in [2.24, 2.45) is 11.8 Å². The predicted molar refractivity (Wildman–Crippen MR) is 64.6 cm³/mol. The van der Waals surface area contributed by atoms with Crippen molar-refractivity contribution in [3.63, 3.8) is 0 Å². The lowest BCUT2D eigenvalue weighted by Crippen LogP contribution is -2.46. The number of amides is 1. The van der Waals surface area contributed by atoms with Crippen molar-refractivity contribution in [2.45, 2.75) is 32.7 Å². The summed E-state index contributed by atoms with van der Waals surface area (Å²) in [5.74, 6) is -0.940. The second-order valence-electron chi connectivity index (χ2n) is 4.79. The van der Waals surface area contributed by atoms with E-state index in [4.69, 9.17) is 5.11 Å². The third-order valence-electron chi connectivity index (χ3n) is 3.84. The van der Waals surface area contributed by atoms with E-state index in [1.54, 1.807) is 14.0 Å². The Morgan fingerprint density at radius 3 is 2.24 bits per heavy atom. The zero-order chi connectivity index (χ0) is 13.0. The van der Waals surface area contributed by atoms with Gasteiger partial charge in [0, 0.05) is 19.0 Å². The summed E-state index contributed by atoms with van der Waals surface area (Å²) in [4.78, 5) is 24.5. The molecule has 2 atom stereocenters. The van der Waals surface area contributed by atoms with Gasteiger partial charge in [0.25, 0.3) is 0 Å². The molecule has 0 radical (unpaired) electrons. The Labute approximate surface area is 102 Å². The molecule has 0 aliphatic carbocycles. The van der Waals surface area contributed by atoms with Gasteiger partial charge in [0.1, 0.15) is 0 Å². The maximum Gasteiger partial charge on any atom is 0.307 e. The van der Waals surface area contributed by atoms with Crippen molar-refractivity contribution in [3.8, 4) is 0 Å². The summed E-state index contributed by atoms with van der Waals surface area (Å²) < 4.78 is 0. The lowest BCUT2D eigenvalue weighted by molar-refractivity contribution is -0.143. The van der Waals surface area contributed by atoms with Crippen molar-refractivity contribution in [1.29, 1.82) is 0 Å². The number of carbonyl (C=O) groups excluding carboxylic acids is 1. The first-order valence-electron chi connectivity index (χ1n) is 6.15. The van der Waals surface area contributed by atoms with E-state index >= 15 is 0 Å². The molecule has 1 aliphatic heterocycles. The summed E-state index contributed by atoms with van der Waals surface area (Å²) in [5.41, 5.74) is 0. The van der Waals surface area contributed by atoms with Crippen LogP contribution in [-0.2, 0) is 9.59 Å². The standard InChI is InChI=1S/C12H22N2O3/c1-8(12(16)17)9(2)14-6-4-10(5-7-14)11(15)13-3/h8-10H,4-7H2,1-3H3,(H,13,15)(H,16,17). The highest BCUT2D eigenvalue weighted by atomic mass is 16.4. The smallest absolute Gasteiger partial charge is 0.307 e. The van der Waals surface area contributed by atoms with E-state index in [9.17, 15) is 9.59 Å². The van der Waals surface area contributed by atoms with Gasteiger partial charge in [-0.3, -0.25) is 14.5 Å². The second kappa shape index (κ2) is 6.00. The zero-order valence-corrected chi connectivity index (χ0v) is 10.8. The molecule has 0 spiro atoms. The van der Waals surface area contributed by atoms with Gasteiger partial charge in [0.05, 0.1) is 5.92 Å². The Kier molecular flexibility index (Phi) is 4.93. The average Bonchev–Trinajstić information content (AvgIpc) is 2.36. The molecule has 0 aromatic heterocycles. The third-order valence-corrected chi connectivity index (χ3v) is 3.84. The second-order valence-corrected chi connectivity index (χ2v) is 4.79. The fourth-order valence-corrected chi connectivity index (χ4v) is 2.30. The molecule has 0 aromatic rings. The first-order valence-corrected chi connectivity index (χ1v) is 6.15. The van der Waals surface area contributed by atoms with Crippen molar-refractivity contribution < 1.29 is 14.7 Å². The minimum atomic E-state index is -0.758. The monoisotopic (exact) mass is 242 g/mol. The molecule has 1 fully saturated rings. The minimum absolute atomic E-state index is 0.0261. The van der Waals surface area contributed by atoms with Crippen molar-refractivity contribution >= 4 is 11.9 Å². The molecule has 1 amide bonds. The van der Waals surface area contributed by atoms with Crippen LogP contribution < -0.4 is 5.32 Å². The number of hydrogen-bond donors (Lipinski definition) is 2. The molecule has 1 heterocycles. The molecule has 0 saturated carbocycles. The van der Waals surface area contributed by atoms with Gasteiger partial charge >= 0.3 is 5.97 Å². The normalized spacial score (nSPS) is 21.8. The molecule has 1 aliphatic rings. The highest BCUT2D eigenvalue weighted by molar-refractivity contribution is 5.78. The summed E-state index contributed by atoms with van der Waals surface area (Å²) >= 11 is 0. The molecular formula is C12H22N2O3. The van der Waals surface area contributed by atoms with Crippen LogP contribution in [0.2, 0.25) is 0 Å². The number of carboxylic acid groups (broad SMARTS) is 1. The van der Waals surface area contributed by atoms with Crippen molar-refractivity contribution in [3.05, 3.63) is 0 Å². The zero-order valence-electron chi connectivity index (χ0n) is 10.8. The maximum atomic E-state index is 11.5. The van der Waals surface area contributed by atoms with Gasteiger partial charge in [-0.05, 0) is 32.9 Å². The fourth-order valence-electron chi connectivity index (χ4n) is 2.30. The SMILES string of the molecule is CNC(=O)C1CCN(C(C)C(C)C(=O)O)CC1. The number of carbonyl (C=O) groups is 2. The number of nitrogens with zero attached hydrogens (tertiary/aromatic N) is 1. The van der Waals surface area contributed by atoms with Crippen LogP contribution in [0.25, 0.3) is 0 Å². The lowest BCUT2D eigenvalue weighted by atomic mass is 9.93. The van der Waals surface area contributed by atoms with Gasteiger partial charge in [-0.25, -0.2) is 0 Å². The summed E-state index contributed by atoms with van der Waals surface area (Å²) in [6.07, 6.45) is 1.63. The molecule has 17 heavy (non-hydrogen) atoms. The van der Waals surface area contributed by atoms with E-state index in [-0.39, 0.29) is 23.8 Å². The largest absolute Gasteiger partial charge is 0.481 e. The highest BCUT2D eigenvalue weighted by Crippen LogP contribution is 2.21. The van der Waals surface area contributed by atoms with Gasteiger partial charge in [0.15, 0.2) is 0 Å². The van der Waals surface area contributed by atoms with Crippen LogP contribution in [0.1, 0.15) is 26.7 Å². The number of piperidine rings is 1.